The Balaban J connectivity index is 4.06. The van der Waals surface area contributed by atoms with Crippen LogP contribution in [-0.2, 0) is 14.9 Å². The highest BCUT2D eigenvalue weighted by Gasteiger charge is 2.12. The van der Waals surface area contributed by atoms with Crippen LogP contribution in [0.2, 0.25) is 0 Å². The Morgan fingerprint density at radius 2 is 1.48 bits per heavy atom. The number of hydrogen-bond acceptors (Lipinski definition) is 3. The first-order valence-corrected chi connectivity index (χ1v) is 11.3. The first-order valence-electron chi connectivity index (χ1n) is 9.68. The summed E-state index contributed by atoms with van der Waals surface area (Å²) in [7, 11) is -4.03. The molecule has 0 spiro atoms. The van der Waals surface area contributed by atoms with Crippen molar-refractivity contribution in [2.75, 3.05) is 12.3 Å². The molecule has 0 aliphatic carbocycles. The minimum Gasteiger partial charge on any atom is -0.355 e. The van der Waals surface area contributed by atoms with E-state index in [1.807, 2.05) is 6.92 Å². The van der Waals surface area contributed by atoms with Crippen molar-refractivity contribution in [1.29, 1.82) is 0 Å². The lowest BCUT2D eigenvalue weighted by Crippen LogP contribution is -2.33. The largest absolute Gasteiger partial charge is 0.355 e. The van der Waals surface area contributed by atoms with Gasteiger partial charge in [-0.05, 0) is 66.2 Å². The number of rotatable bonds is 13. The van der Waals surface area contributed by atoms with Crippen LogP contribution in [0.3, 0.4) is 0 Å². The summed E-state index contributed by atoms with van der Waals surface area (Å²) in [5, 5.41) is 2.54. The molecule has 0 aromatic heterocycles. The SMILES string of the molecule is CC(C)=CCCC(C)=CCCC(C)=CCCC(C)C(=O)NCCS(=O)(=O)O. The second kappa shape index (κ2) is 13.7. The Kier molecular flexibility index (Phi) is 13.0. The second-order valence-corrected chi connectivity index (χ2v) is 9.09. The molecular weight excluding hydrogens is 362 g/mol. The molecule has 27 heavy (non-hydrogen) atoms. The standard InChI is InChI=1S/C21H37NO4S/c1-17(2)9-6-10-18(3)11-7-12-19(4)13-8-14-20(5)21(23)22-15-16-27(24,25)26/h9,11,13,20H,6-8,10,12,14-16H2,1-5H3,(H,22,23)(H,24,25,26). The average molecular weight is 400 g/mol. The number of amides is 1. The van der Waals surface area contributed by atoms with Crippen LogP contribution in [0.5, 0.6) is 0 Å². The highest BCUT2D eigenvalue weighted by atomic mass is 32.2. The van der Waals surface area contributed by atoms with Crippen LogP contribution in [0, 0.1) is 5.92 Å². The number of allylic oxidation sites excluding steroid dienone is 6. The van der Waals surface area contributed by atoms with E-state index >= 15 is 0 Å². The van der Waals surface area contributed by atoms with Crippen LogP contribution in [0.15, 0.2) is 34.9 Å². The molecule has 0 radical (unpaired) electrons. The summed E-state index contributed by atoms with van der Waals surface area (Å²) in [4.78, 5) is 11.9. The Bertz CT molecular complexity index is 641. The lowest BCUT2D eigenvalue weighted by Gasteiger charge is -2.10. The van der Waals surface area contributed by atoms with Crippen molar-refractivity contribution in [2.45, 2.75) is 73.1 Å². The maximum Gasteiger partial charge on any atom is 0.266 e. The van der Waals surface area contributed by atoms with E-state index in [0.29, 0.717) is 6.42 Å². The van der Waals surface area contributed by atoms with Gasteiger partial charge in [-0.2, -0.15) is 8.42 Å². The maximum absolute atomic E-state index is 11.9. The van der Waals surface area contributed by atoms with Crippen LogP contribution in [0.1, 0.15) is 73.1 Å². The van der Waals surface area contributed by atoms with Crippen LogP contribution < -0.4 is 5.32 Å². The summed E-state index contributed by atoms with van der Waals surface area (Å²) >= 11 is 0. The molecule has 2 N–H and O–H groups in total. The predicted octanol–water partition coefficient (Wildman–Crippen LogP) is 4.83. The van der Waals surface area contributed by atoms with Crippen LogP contribution in [0.4, 0.5) is 0 Å². The number of carbonyl (C=O) groups is 1. The zero-order valence-electron chi connectivity index (χ0n) is 17.5. The third kappa shape index (κ3) is 16.5. The van der Waals surface area contributed by atoms with E-state index in [9.17, 15) is 13.2 Å². The zero-order chi connectivity index (χ0) is 20.9. The highest BCUT2D eigenvalue weighted by molar-refractivity contribution is 7.85. The topological polar surface area (TPSA) is 83.5 Å². The van der Waals surface area contributed by atoms with Crippen molar-refractivity contribution in [3.05, 3.63) is 34.9 Å². The zero-order valence-corrected chi connectivity index (χ0v) is 18.4. The molecule has 0 aromatic rings. The van der Waals surface area contributed by atoms with Gasteiger partial charge in [0.05, 0.1) is 5.75 Å². The van der Waals surface area contributed by atoms with Gasteiger partial charge in [0.15, 0.2) is 0 Å². The monoisotopic (exact) mass is 399 g/mol. The van der Waals surface area contributed by atoms with E-state index in [2.05, 4.69) is 51.2 Å². The minimum atomic E-state index is -4.03. The van der Waals surface area contributed by atoms with E-state index in [-0.39, 0.29) is 18.4 Å². The van der Waals surface area contributed by atoms with Gasteiger partial charge in [0.2, 0.25) is 5.91 Å². The second-order valence-electron chi connectivity index (χ2n) is 7.52. The quantitative estimate of drug-likeness (QED) is 0.343. The van der Waals surface area contributed by atoms with Crippen molar-refractivity contribution >= 4 is 16.0 Å². The van der Waals surface area contributed by atoms with E-state index in [1.165, 1.54) is 16.7 Å². The molecule has 5 nitrogen and oxygen atoms in total. The van der Waals surface area contributed by atoms with Gasteiger partial charge in [0.1, 0.15) is 0 Å². The molecule has 0 aliphatic heterocycles. The van der Waals surface area contributed by atoms with Crippen molar-refractivity contribution in [3.63, 3.8) is 0 Å². The van der Waals surface area contributed by atoms with E-state index in [4.69, 9.17) is 4.55 Å². The van der Waals surface area contributed by atoms with E-state index in [0.717, 1.165) is 32.1 Å². The first kappa shape index (κ1) is 25.6. The first-order chi connectivity index (χ1) is 12.5. The van der Waals surface area contributed by atoms with E-state index < -0.39 is 15.9 Å². The summed E-state index contributed by atoms with van der Waals surface area (Å²) in [6.07, 6.45) is 12.6. The van der Waals surface area contributed by atoms with Gasteiger partial charge in [-0.1, -0.05) is 41.9 Å². The molecule has 156 valence electrons. The number of nitrogens with one attached hydrogen (secondary N) is 1. The van der Waals surface area contributed by atoms with Gasteiger partial charge in [-0.15, -0.1) is 0 Å². The van der Waals surface area contributed by atoms with Crippen LogP contribution in [-0.4, -0.2) is 31.2 Å². The van der Waals surface area contributed by atoms with Gasteiger partial charge >= 0.3 is 0 Å². The molecule has 0 aliphatic rings. The Morgan fingerprint density at radius 1 is 0.963 bits per heavy atom. The van der Waals surface area contributed by atoms with Crippen molar-refractivity contribution in [1.82, 2.24) is 5.32 Å². The molecular formula is C21H37NO4S. The van der Waals surface area contributed by atoms with E-state index in [1.54, 1.807) is 0 Å². The lowest BCUT2D eigenvalue weighted by molar-refractivity contribution is -0.124. The van der Waals surface area contributed by atoms with Gasteiger partial charge in [0, 0.05) is 12.5 Å². The molecule has 0 bridgehead atoms. The van der Waals surface area contributed by atoms with Gasteiger partial charge in [-0.25, -0.2) is 0 Å². The molecule has 0 fully saturated rings. The van der Waals surface area contributed by atoms with Crippen LogP contribution >= 0.6 is 0 Å². The van der Waals surface area contributed by atoms with Crippen LogP contribution in [0.25, 0.3) is 0 Å². The van der Waals surface area contributed by atoms with Gasteiger partial charge < -0.3 is 5.32 Å². The predicted molar refractivity (Wildman–Crippen MR) is 113 cm³/mol. The molecule has 1 atom stereocenters. The summed E-state index contributed by atoms with van der Waals surface area (Å²) in [5.41, 5.74) is 4.11. The molecule has 0 rings (SSSR count). The fourth-order valence-electron chi connectivity index (χ4n) is 2.53. The minimum absolute atomic E-state index is 0.0593. The Hall–Kier alpha value is -1.40. The lowest BCUT2D eigenvalue weighted by atomic mass is 10.0. The van der Waals surface area contributed by atoms with Gasteiger partial charge in [0.25, 0.3) is 10.1 Å². The molecule has 6 heteroatoms. The summed E-state index contributed by atoms with van der Waals surface area (Å²) in [6.45, 7) is 10.3. The molecule has 0 saturated carbocycles. The average Bonchev–Trinajstić information content (AvgIpc) is 2.53. The summed E-state index contributed by atoms with van der Waals surface area (Å²) in [5.74, 6) is -0.821. The Morgan fingerprint density at radius 3 is 2.00 bits per heavy atom. The maximum atomic E-state index is 11.9. The molecule has 1 amide bonds. The van der Waals surface area contributed by atoms with Crippen molar-refractivity contribution in [2.24, 2.45) is 5.92 Å². The Labute approximate surface area is 165 Å². The summed E-state index contributed by atoms with van der Waals surface area (Å²) in [6, 6.07) is 0. The third-order valence-electron chi connectivity index (χ3n) is 4.32. The molecule has 0 heterocycles. The molecule has 1 unspecified atom stereocenters. The fraction of sp³-hybridized carbons (Fsp3) is 0.667. The fourth-order valence-corrected chi connectivity index (χ4v) is 2.89. The van der Waals surface area contributed by atoms with Gasteiger partial charge in [-0.3, -0.25) is 9.35 Å². The third-order valence-corrected chi connectivity index (χ3v) is 5.04. The van der Waals surface area contributed by atoms with Crippen molar-refractivity contribution in [3.8, 4) is 0 Å². The summed E-state index contributed by atoms with van der Waals surface area (Å²) < 4.78 is 29.9. The number of carbonyl (C=O) groups excluding carboxylic acids is 1. The molecule has 0 saturated heterocycles. The highest BCUT2D eigenvalue weighted by Crippen LogP contribution is 2.13. The normalized spacial score (nSPS) is 14.0. The van der Waals surface area contributed by atoms with Crippen molar-refractivity contribution < 1.29 is 17.8 Å². The molecule has 0 aromatic carbocycles. The smallest absolute Gasteiger partial charge is 0.266 e. The number of hydrogen-bond donors (Lipinski definition) is 2.